The zero-order valence-corrected chi connectivity index (χ0v) is 13.0. The van der Waals surface area contributed by atoms with Crippen molar-refractivity contribution >= 4 is 5.78 Å². The van der Waals surface area contributed by atoms with Crippen LogP contribution in [-0.2, 0) is 6.61 Å². The fraction of sp³-hybridized carbons (Fsp3) is 0.167. The number of halogens is 1. The molecule has 2 aromatic carbocycles. The van der Waals surface area contributed by atoms with Crippen LogP contribution in [0, 0.1) is 5.82 Å². The fourth-order valence-electron chi connectivity index (χ4n) is 2.11. The SMILES string of the molecule is CCC(=O)c1ccc(OCc2noc(-c3ccc(F)cc3)n2)cc1. The van der Waals surface area contributed by atoms with Gasteiger partial charge in [-0.2, -0.15) is 4.98 Å². The number of ether oxygens (including phenoxy) is 1. The number of carbonyl (C=O) groups is 1. The maximum atomic E-state index is 12.9. The van der Waals surface area contributed by atoms with Crippen molar-refractivity contribution in [3.8, 4) is 17.2 Å². The Morgan fingerprint density at radius 1 is 1.12 bits per heavy atom. The van der Waals surface area contributed by atoms with Gasteiger partial charge in [-0.3, -0.25) is 4.79 Å². The Kier molecular flexibility index (Phi) is 4.65. The second kappa shape index (κ2) is 7.04. The Labute approximate surface area is 138 Å². The smallest absolute Gasteiger partial charge is 0.258 e. The monoisotopic (exact) mass is 326 g/mol. The molecular weight excluding hydrogens is 311 g/mol. The molecule has 1 aromatic heterocycles. The molecule has 24 heavy (non-hydrogen) atoms. The standard InChI is InChI=1S/C18H15FN2O3/c1-2-16(22)12-5-9-15(10-6-12)23-11-17-20-18(24-21-17)13-3-7-14(19)8-4-13/h3-10H,2,11H2,1H3. The van der Waals surface area contributed by atoms with Gasteiger partial charge < -0.3 is 9.26 Å². The Bertz CT molecular complexity index is 826. The first-order valence-corrected chi connectivity index (χ1v) is 7.50. The first-order valence-electron chi connectivity index (χ1n) is 7.50. The molecular formula is C18H15FN2O3. The molecule has 3 aromatic rings. The molecule has 0 saturated heterocycles. The Morgan fingerprint density at radius 3 is 2.50 bits per heavy atom. The molecule has 0 fully saturated rings. The van der Waals surface area contributed by atoms with Gasteiger partial charge in [0.2, 0.25) is 5.82 Å². The van der Waals surface area contributed by atoms with Crippen LogP contribution in [0.15, 0.2) is 53.1 Å². The molecule has 0 atom stereocenters. The number of carbonyl (C=O) groups excluding carboxylic acids is 1. The number of hydrogen-bond acceptors (Lipinski definition) is 5. The number of nitrogens with zero attached hydrogens (tertiary/aromatic N) is 2. The van der Waals surface area contributed by atoms with E-state index in [4.69, 9.17) is 9.26 Å². The lowest BCUT2D eigenvalue weighted by Crippen LogP contribution is -1.99. The third-order valence-corrected chi connectivity index (χ3v) is 3.42. The van der Waals surface area contributed by atoms with Crippen molar-refractivity contribution < 1.29 is 18.4 Å². The molecule has 0 aliphatic carbocycles. The highest BCUT2D eigenvalue weighted by atomic mass is 19.1. The van der Waals surface area contributed by atoms with Gasteiger partial charge >= 0.3 is 0 Å². The summed E-state index contributed by atoms with van der Waals surface area (Å²) in [5.41, 5.74) is 1.29. The summed E-state index contributed by atoms with van der Waals surface area (Å²) < 4.78 is 23.6. The number of hydrogen-bond donors (Lipinski definition) is 0. The maximum Gasteiger partial charge on any atom is 0.258 e. The zero-order chi connectivity index (χ0) is 16.9. The van der Waals surface area contributed by atoms with E-state index in [1.807, 2.05) is 6.92 Å². The van der Waals surface area contributed by atoms with Gasteiger partial charge in [0.25, 0.3) is 5.89 Å². The van der Waals surface area contributed by atoms with Gasteiger partial charge in [-0.1, -0.05) is 12.1 Å². The minimum absolute atomic E-state index is 0.0867. The van der Waals surface area contributed by atoms with Gasteiger partial charge in [-0.05, 0) is 48.5 Å². The summed E-state index contributed by atoms with van der Waals surface area (Å²) in [6, 6.07) is 12.7. The number of Topliss-reactive ketones (excluding diaryl/α,β-unsaturated/α-hetero) is 1. The van der Waals surface area contributed by atoms with Crippen LogP contribution in [0.5, 0.6) is 5.75 Å². The van der Waals surface area contributed by atoms with Crippen LogP contribution in [0.25, 0.3) is 11.5 Å². The van der Waals surface area contributed by atoms with Crippen LogP contribution in [0.4, 0.5) is 4.39 Å². The first-order chi connectivity index (χ1) is 11.7. The van der Waals surface area contributed by atoms with Gasteiger partial charge in [-0.15, -0.1) is 0 Å². The van der Waals surface area contributed by atoms with Crippen molar-refractivity contribution in [2.45, 2.75) is 20.0 Å². The molecule has 0 N–H and O–H groups in total. The molecule has 0 spiro atoms. The number of benzene rings is 2. The average molecular weight is 326 g/mol. The van der Waals surface area contributed by atoms with Crippen molar-refractivity contribution in [1.82, 2.24) is 10.1 Å². The van der Waals surface area contributed by atoms with E-state index in [0.717, 1.165) is 0 Å². The minimum Gasteiger partial charge on any atom is -0.485 e. The summed E-state index contributed by atoms with van der Waals surface area (Å²) >= 11 is 0. The van der Waals surface area contributed by atoms with Crippen LogP contribution in [-0.4, -0.2) is 15.9 Å². The molecule has 6 heteroatoms. The Balaban J connectivity index is 1.63. The molecule has 0 amide bonds. The lowest BCUT2D eigenvalue weighted by Gasteiger charge is -2.04. The number of rotatable bonds is 6. The molecule has 1 heterocycles. The van der Waals surface area contributed by atoms with E-state index in [1.165, 1.54) is 12.1 Å². The summed E-state index contributed by atoms with van der Waals surface area (Å²) in [5.74, 6) is 1.05. The summed E-state index contributed by atoms with van der Waals surface area (Å²) in [7, 11) is 0. The van der Waals surface area contributed by atoms with Crippen molar-refractivity contribution in [2.24, 2.45) is 0 Å². The lowest BCUT2D eigenvalue weighted by atomic mass is 10.1. The van der Waals surface area contributed by atoms with E-state index in [-0.39, 0.29) is 18.2 Å². The largest absolute Gasteiger partial charge is 0.485 e. The van der Waals surface area contributed by atoms with Gasteiger partial charge in [0, 0.05) is 17.5 Å². The second-order valence-corrected chi connectivity index (χ2v) is 5.11. The second-order valence-electron chi connectivity index (χ2n) is 5.11. The summed E-state index contributed by atoms with van der Waals surface area (Å²) in [4.78, 5) is 15.8. The van der Waals surface area contributed by atoms with Gasteiger partial charge in [0.05, 0.1) is 0 Å². The van der Waals surface area contributed by atoms with E-state index in [9.17, 15) is 9.18 Å². The van der Waals surface area contributed by atoms with Gasteiger partial charge in [-0.25, -0.2) is 4.39 Å². The summed E-state index contributed by atoms with van der Waals surface area (Å²) in [6.07, 6.45) is 0.467. The van der Waals surface area contributed by atoms with E-state index in [2.05, 4.69) is 10.1 Å². The zero-order valence-electron chi connectivity index (χ0n) is 13.0. The van der Waals surface area contributed by atoms with E-state index >= 15 is 0 Å². The molecule has 0 saturated carbocycles. The molecule has 122 valence electrons. The normalized spacial score (nSPS) is 10.6. The van der Waals surface area contributed by atoms with Crippen molar-refractivity contribution in [2.75, 3.05) is 0 Å². The highest BCUT2D eigenvalue weighted by Gasteiger charge is 2.10. The van der Waals surface area contributed by atoms with Crippen LogP contribution < -0.4 is 4.74 Å². The molecule has 0 bridgehead atoms. The molecule has 0 aliphatic rings. The third kappa shape index (κ3) is 3.65. The predicted octanol–water partition coefficient (Wildman–Crippen LogP) is 4.05. The minimum atomic E-state index is -0.327. The van der Waals surface area contributed by atoms with Gasteiger partial charge in [0.1, 0.15) is 11.6 Å². The molecule has 3 rings (SSSR count). The quantitative estimate of drug-likeness (QED) is 0.639. The van der Waals surface area contributed by atoms with E-state index in [0.29, 0.717) is 35.0 Å². The van der Waals surface area contributed by atoms with Crippen LogP contribution in [0.2, 0.25) is 0 Å². The van der Waals surface area contributed by atoms with Crippen molar-refractivity contribution in [3.63, 3.8) is 0 Å². The summed E-state index contributed by atoms with van der Waals surface area (Å²) in [6.45, 7) is 1.95. The highest BCUT2D eigenvalue weighted by Crippen LogP contribution is 2.19. The maximum absolute atomic E-state index is 12.9. The van der Waals surface area contributed by atoms with Gasteiger partial charge in [0.15, 0.2) is 12.4 Å². The Hall–Kier alpha value is -3.02. The van der Waals surface area contributed by atoms with Crippen molar-refractivity contribution in [1.29, 1.82) is 0 Å². The highest BCUT2D eigenvalue weighted by molar-refractivity contribution is 5.95. The lowest BCUT2D eigenvalue weighted by molar-refractivity contribution is 0.0988. The Morgan fingerprint density at radius 2 is 1.83 bits per heavy atom. The van der Waals surface area contributed by atoms with Crippen LogP contribution in [0.3, 0.4) is 0 Å². The molecule has 0 unspecified atom stereocenters. The number of ketones is 1. The van der Waals surface area contributed by atoms with Crippen LogP contribution in [0.1, 0.15) is 29.5 Å². The predicted molar refractivity (Wildman–Crippen MR) is 85.1 cm³/mol. The van der Waals surface area contributed by atoms with Crippen molar-refractivity contribution in [3.05, 3.63) is 65.7 Å². The average Bonchev–Trinajstić information content (AvgIpc) is 3.09. The van der Waals surface area contributed by atoms with E-state index in [1.54, 1.807) is 36.4 Å². The first kappa shape index (κ1) is 15.9. The van der Waals surface area contributed by atoms with E-state index < -0.39 is 0 Å². The fourth-order valence-corrected chi connectivity index (χ4v) is 2.11. The number of aromatic nitrogens is 2. The molecule has 0 radical (unpaired) electrons. The summed E-state index contributed by atoms with van der Waals surface area (Å²) in [5, 5.41) is 3.83. The topological polar surface area (TPSA) is 65.2 Å². The van der Waals surface area contributed by atoms with Crippen LogP contribution >= 0.6 is 0 Å². The third-order valence-electron chi connectivity index (χ3n) is 3.42. The molecule has 0 aliphatic heterocycles. The molecule has 5 nitrogen and oxygen atoms in total.